The largest absolute Gasteiger partial charge is 0.497 e. The molecule has 2 aromatic carbocycles. The van der Waals surface area contributed by atoms with Crippen molar-refractivity contribution in [1.82, 2.24) is 4.90 Å². The van der Waals surface area contributed by atoms with Crippen molar-refractivity contribution in [2.75, 3.05) is 31.7 Å². The molecule has 1 saturated heterocycles. The lowest BCUT2D eigenvalue weighted by molar-refractivity contribution is 0.0495. The first-order valence-electron chi connectivity index (χ1n) is 10.2. The van der Waals surface area contributed by atoms with Gasteiger partial charge in [-0.1, -0.05) is 24.3 Å². The maximum Gasteiger partial charge on any atom is 0.183 e. The number of fused-ring (bicyclic) bond motifs is 1. The summed E-state index contributed by atoms with van der Waals surface area (Å²) in [6, 6.07) is 14.6. The van der Waals surface area contributed by atoms with E-state index in [2.05, 4.69) is 36.1 Å². The van der Waals surface area contributed by atoms with E-state index in [4.69, 9.17) is 4.74 Å². The van der Waals surface area contributed by atoms with E-state index >= 15 is 0 Å². The molecule has 4 rings (SSSR count). The Kier molecular flexibility index (Phi) is 5.79. The van der Waals surface area contributed by atoms with Crippen LogP contribution in [0.5, 0.6) is 5.75 Å². The van der Waals surface area contributed by atoms with Crippen molar-refractivity contribution in [3.05, 3.63) is 64.7 Å². The van der Waals surface area contributed by atoms with Gasteiger partial charge in [0.2, 0.25) is 0 Å². The van der Waals surface area contributed by atoms with E-state index in [1.54, 1.807) is 7.11 Å². The lowest BCUT2D eigenvalue weighted by Crippen LogP contribution is -2.57. The SMILES string of the molecule is COc1ccc2c(c1)CCC1(CCSCCN1CCc1ccccc1C)C2=O. The Morgan fingerprint density at radius 2 is 2.00 bits per heavy atom. The summed E-state index contributed by atoms with van der Waals surface area (Å²) < 4.78 is 5.37. The van der Waals surface area contributed by atoms with Gasteiger partial charge in [0.05, 0.1) is 12.6 Å². The molecule has 28 heavy (non-hydrogen) atoms. The summed E-state index contributed by atoms with van der Waals surface area (Å²) in [7, 11) is 1.68. The first-order chi connectivity index (χ1) is 13.6. The molecule has 0 N–H and O–H groups in total. The molecule has 1 spiro atoms. The van der Waals surface area contributed by atoms with Crippen LogP contribution in [0.1, 0.15) is 39.9 Å². The third-order valence-electron chi connectivity index (χ3n) is 6.47. The van der Waals surface area contributed by atoms with Gasteiger partial charge >= 0.3 is 0 Å². The second-order valence-corrected chi connectivity index (χ2v) is 9.13. The van der Waals surface area contributed by atoms with Crippen molar-refractivity contribution in [2.45, 2.75) is 38.1 Å². The molecule has 3 nitrogen and oxygen atoms in total. The minimum absolute atomic E-state index is 0.323. The Morgan fingerprint density at radius 3 is 2.82 bits per heavy atom. The van der Waals surface area contributed by atoms with Gasteiger partial charge in [-0.05, 0) is 73.2 Å². The van der Waals surface area contributed by atoms with Crippen molar-refractivity contribution in [3.63, 3.8) is 0 Å². The van der Waals surface area contributed by atoms with E-state index in [0.29, 0.717) is 5.78 Å². The minimum Gasteiger partial charge on any atom is -0.497 e. The molecule has 148 valence electrons. The lowest BCUT2D eigenvalue weighted by atomic mass is 9.73. The summed E-state index contributed by atoms with van der Waals surface area (Å²) >= 11 is 1.99. The molecule has 0 bridgehead atoms. The predicted octanol–water partition coefficient (Wildman–Crippen LogP) is 4.55. The number of hydrogen-bond donors (Lipinski definition) is 0. The highest BCUT2D eigenvalue weighted by atomic mass is 32.2. The fraction of sp³-hybridized carbons (Fsp3) is 0.458. The number of hydrogen-bond acceptors (Lipinski definition) is 4. The van der Waals surface area contributed by atoms with Crippen LogP contribution in [-0.2, 0) is 12.8 Å². The molecular weight excluding hydrogens is 366 g/mol. The molecule has 2 aromatic rings. The third-order valence-corrected chi connectivity index (χ3v) is 7.43. The molecule has 1 aliphatic heterocycles. The van der Waals surface area contributed by atoms with Crippen LogP contribution >= 0.6 is 11.8 Å². The van der Waals surface area contributed by atoms with E-state index in [0.717, 1.165) is 67.2 Å². The standard InChI is InChI=1S/C24H29NO2S/c1-18-5-3-4-6-19(18)10-13-25-14-16-28-15-12-24(25)11-9-20-17-21(27-2)7-8-22(20)23(24)26/h3-8,17H,9-16H2,1-2H3. The predicted molar refractivity (Wildman–Crippen MR) is 117 cm³/mol. The summed E-state index contributed by atoms with van der Waals surface area (Å²) in [6.45, 7) is 4.12. The zero-order valence-corrected chi connectivity index (χ0v) is 17.7. The van der Waals surface area contributed by atoms with Gasteiger partial charge in [-0.3, -0.25) is 9.69 Å². The number of ketones is 1. The molecular formula is C24H29NO2S. The number of Topliss-reactive ketones (excluding diaryl/α,β-unsaturated/α-hetero) is 1. The van der Waals surface area contributed by atoms with E-state index < -0.39 is 0 Å². The van der Waals surface area contributed by atoms with Gasteiger partial charge in [0.25, 0.3) is 0 Å². The quantitative estimate of drug-likeness (QED) is 0.759. The van der Waals surface area contributed by atoms with Crippen molar-refractivity contribution in [2.24, 2.45) is 0 Å². The number of thioether (sulfide) groups is 1. The third kappa shape index (κ3) is 3.60. The number of ether oxygens (including phenoxy) is 1. The Morgan fingerprint density at radius 1 is 1.14 bits per heavy atom. The Labute approximate surface area is 172 Å². The van der Waals surface area contributed by atoms with Gasteiger partial charge in [0.15, 0.2) is 5.78 Å². The van der Waals surface area contributed by atoms with Crippen molar-refractivity contribution >= 4 is 17.5 Å². The minimum atomic E-state index is -0.340. The van der Waals surface area contributed by atoms with Crippen LogP contribution < -0.4 is 4.74 Å². The molecule has 1 heterocycles. The zero-order valence-electron chi connectivity index (χ0n) is 16.9. The molecule has 1 fully saturated rings. The van der Waals surface area contributed by atoms with Gasteiger partial charge in [-0.15, -0.1) is 0 Å². The van der Waals surface area contributed by atoms with Crippen LogP contribution in [0.2, 0.25) is 0 Å². The van der Waals surface area contributed by atoms with E-state index in [-0.39, 0.29) is 5.54 Å². The van der Waals surface area contributed by atoms with Gasteiger partial charge in [-0.2, -0.15) is 11.8 Å². The van der Waals surface area contributed by atoms with Crippen molar-refractivity contribution in [3.8, 4) is 5.75 Å². The Balaban J connectivity index is 1.62. The summed E-state index contributed by atoms with van der Waals surface area (Å²) in [4.78, 5) is 16.3. The van der Waals surface area contributed by atoms with Crippen LogP contribution in [-0.4, -0.2) is 47.9 Å². The second-order valence-electron chi connectivity index (χ2n) is 7.91. The average molecular weight is 396 g/mol. The molecule has 1 atom stereocenters. The van der Waals surface area contributed by atoms with Gasteiger partial charge in [0, 0.05) is 24.4 Å². The molecule has 0 amide bonds. The summed E-state index contributed by atoms with van der Waals surface area (Å²) in [6.07, 6.45) is 3.82. The molecule has 1 unspecified atom stereocenters. The van der Waals surface area contributed by atoms with Gasteiger partial charge in [0.1, 0.15) is 5.75 Å². The first-order valence-corrected chi connectivity index (χ1v) is 11.4. The smallest absolute Gasteiger partial charge is 0.183 e. The molecule has 0 aromatic heterocycles. The topological polar surface area (TPSA) is 29.5 Å². The van der Waals surface area contributed by atoms with E-state index in [9.17, 15) is 4.79 Å². The Hall–Kier alpha value is -1.78. The number of carbonyl (C=O) groups excluding carboxylic acids is 1. The van der Waals surface area contributed by atoms with Gasteiger partial charge in [-0.25, -0.2) is 0 Å². The zero-order chi connectivity index (χ0) is 19.6. The molecule has 0 radical (unpaired) electrons. The molecule has 1 aliphatic carbocycles. The monoisotopic (exact) mass is 395 g/mol. The number of carbonyl (C=O) groups is 1. The normalized spacial score (nSPS) is 22.7. The molecule has 2 aliphatic rings. The molecule has 0 saturated carbocycles. The first kappa shape index (κ1) is 19.5. The van der Waals surface area contributed by atoms with Crippen LogP contribution in [0.3, 0.4) is 0 Å². The van der Waals surface area contributed by atoms with Crippen molar-refractivity contribution < 1.29 is 9.53 Å². The number of nitrogens with zero attached hydrogens (tertiary/aromatic N) is 1. The fourth-order valence-electron chi connectivity index (χ4n) is 4.73. The molecule has 4 heteroatoms. The van der Waals surface area contributed by atoms with Crippen molar-refractivity contribution in [1.29, 1.82) is 0 Å². The fourth-order valence-corrected chi connectivity index (χ4v) is 5.77. The number of aryl methyl sites for hydroxylation is 2. The highest BCUT2D eigenvalue weighted by Gasteiger charge is 2.47. The van der Waals surface area contributed by atoms with E-state index in [1.165, 1.54) is 11.1 Å². The summed E-state index contributed by atoms with van der Waals surface area (Å²) in [5.74, 6) is 3.34. The maximum absolute atomic E-state index is 13.7. The van der Waals surface area contributed by atoms with E-state index in [1.807, 2.05) is 30.0 Å². The Bertz CT molecular complexity index is 865. The lowest BCUT2D eigenvalue weighted by Gasteiger charge is -2.44. The summed E-state index contributed by atoms with van der Waals surface area (Å²) in [5, 5.41) is 0. The highest BCUT2D eigenvalue weighted by molar-refractivity contribution is 7.99. The maximum atomic E-state index is 13.7. The summed E-state index contributed by atoms with van der Waals surface area (Å²) in [5.41, 5.74) is 4.44. The van der Waals surface area contributed by atoms with Crippen LogP contribution in [0.25, 0.3) is 0 Å². The average Bonchev–Trinajstić information content (AvgIpc) is 2.93. The number of rotatable bonds is 4. The van der Waals surface area contributed by atoms with Crippen LogP contribution in [0.15, 0.2) is 42.5 Å². The van der Waals surface area contributed by atoms with Crippen LogP contribution in [0.4, 0.5) is 0 Å². The highest BCUT2D eigenvalue weighted by Crippen LogP contribution is 2.39. The van der Waals surface area contributed by atoms with Crippen LogP contribution in [0, 0.1) is 6.92 Å². The van der Waals surface area contributed by atoms with Gasteiger partial charge < -0.3 is 4.74 Å². The number of methoxy groups -OCH3 is 1. The number of benzene rings is 2. The second kappa shape index (κ2) is 8.30.